The molecule has 0 bridgehead atoms. The fourth-order valence-corrected chi connectivity index (χ4v) is 2.81. The summed E-state index contributed by atoms with van der Waals surface area (Å²) in [6, 6.07) is 14.2. The lowest BCUT2D eigenvalue weighted by Crippen LogP contribution is -2.20. The first-order valence-corrected chi connectivity index (χ1v) is 9.06. The second-order valence-corrected chi connectivity index (χ2v) is 6.89. The van der Waals surface area contributed by atoms with E-state index in [0.717, 1.165) is 22.3 Å². The van der Waals surface area contributed by atoms with Crippen LogP contribution in [-0.4, -0.2) is 15.0 Å². The van der Waals surface area contributed by atoms with Crippen molar-refractivity contribution in [2.45, 2.75) is 13.5 Å². The molecule has 0 aliphatic carbocycles. The van der Waals surface area contributed by atoms with Crippen LogP contribution in [0.5, 0.6) is 5.75 Å². The van der Waals surface area contributed by atoms with Gasteiger partial charge in [0.25, 0.3) is 0 Å². The third-order valence-corrected chi connectivity index (χ3v) is 4.29. The minimum Gasteiger partial charge on any atom is -0.494 e. The van der Waals surface area contributed by atoms with Gasteiger partial charge in [-0.1, -0.05) is 35.9 Å². The van der Waals surface area contributed by atoms with Crippen LogP contribution in [0.1, 0.15) is 18.1 Å². The van der Waals surface area contributed by atoms with E-state index in [1.807, 2.05) is 31.2 Å². The van der Waals surface area contributed by atoms with Crippen LogP contribution in [0.25, 0.3) is 6.08 Å². The molecular formula is C17H18ClNO3S. The van der Waals surface area contributed by atoms with Gasteiger partial charge in [0, 0.05) is 17.0 Å². The molecule has 23 heavy (non-hydrogen) atoms. The van der Waals surface area contributed by atoms with E-state index in [0.29, 0.717) is 11.6 Å². The molecule has 0 aliphatic heterocycles. The summed E-state index contributed by atoms with van der Waals surface area (Å²) in [6.45, 7) is 2.67. The van der Waals surface area contributed by atoms with E-state index < -0.39 is 10.0 Å². The van der Waals surface area contributed by atoms with Gasteiger partial charge in [-0.05, 0) is 48.4 Å². The van der Waals surface area contributed by atoms with Crippen molar-refractivity contribution in [1.82, 2.24) is 4.72 Å². The predicted molar refractivity (Wildman–Crippen MR) is 93.9 cm³/mol. The number of halogens is 1. The second-order valence-electron chi connectivity index (χ2n) is 4.80. The van der Waals surface area contributed by atoms with Gasteiger partial charge in [-0.2, -0.15) is 0 Å². The van der Waals surface area contributed by atoms with E-state index >= 15 is 0 Å². The Bertz CT molecular complexity index is 771. The fourth-order valence-electron chi connectivity index (χ4n) is 1.89. The molecule has 0 heterocycles. The molecule has 2 aromatic rings. The highest BCUT2D eigenvalue weighted by molar-refractivity contribution is 7.92. The highest BCUT2D eigenvalue weighted by Crippen LogP contribution is 2.14. The number of rotatable bonds is 7. The average Bonchev–Trinajstić information content (AvgIpc) is 2.53. The monoisotopic (exact) mass is 351 g/mol. The summed E-state index contributed by atoms with van der Waals surface area (Å²) in [6.07, 6.45) is 1.52. The van der Waals surface area contributed by atoms with Crippen LogP contribution in [0.3, 0.4) is 0 Å². The molecule has 2 aromatic carbocycles. The summed E-state index contributed by atoms with van der Waals surface area (Å²) in [5, 5.41) is 1.75. The van der Waals surface area contributed by atoms with E-state index in [2.05, 4.69) is 4.72 Å². The molecule has 0 atom stereocenters. The maximum Gasteiger partial charge on any atom is 0.234 e. The Balaban J connectivity index is 1.98. The van der Waals surface area contributed by atoms with Crippen LogP contribution < -0.4 is 9.46 Å². The smallest absolute Gasteiger partial charge is 0.234 e. The van der Waals surface area contributed by atoms with E-state index in [1.54, 1.807) is 24.3 Å². The Morgan fingerprint density at radius 2 is 1.91 bits per heavy atom. The van der Waals surface area contributed by atoms with Crippen molar-refractivity contribution in [3.8, 4) is 5.75 Å². The Morgan fingerprint density at radius 3 is 2.61 bits per heavy atom. The molecule has 0 radical (unpaired) electrons. The number of hydrogen-bond acceptors (Lipinski definition) is 3. The summed E-state index contributed by atoms with van der Waals surface area (Å²) in [7, 11) is -3.52. The third-order valence-electron chi connectivity index (χ3n) is 3.00. The van der Waals surface area contributed by atoms with Gasteiger partial charge in [0.15, 0.2) is 0 Å². The first kappa shape index (κ1) is 17.5. The fraction of sp³-hybridized carbons (Fsp3) is 0.176. The Kier molecular flexibility index (Phi) is 6.21. The summed E-state index contributed by atoms with van der Waals surface area (Å²) < 4.78 is 31.9. The average molecular weight is 352 g/mol. The highest BCUT2D eigenvalue weighted by Gasteiger charge is 2.05. The van der Waals surface area contributed by atoms with Gasteiger partial charge < -0.3 is 4.74 Å². The summed E-state index contributed by atoms with van der Waals surface area (Å²) in [5.41, 5.74) is 1.59. The first-order valence-electron chi connectivity index (χ1n) is 7.13. The van der Waals surface area contributed by atoms with Crippen molar-refractivity contribution in [2.24, 2.45) is 0 Å². The number of ether oxygens (including phenoxy) is 1. The van der Waals surface area contributed by atoms with Gasteiger partial charge >= 0.3 is 0 Å². The molecule has 0 aliphatic rings. The van der Waals surface area contributed by atoms with Crippen LogP contribution in [0.2, 0.25) is 5.02 Å². The van der Waals surface area contributed by atoms with Crippen LogP contribution in [-0.2, 0) is 16.6 Å². The van der Waals surface area contributed by atoms with Gasteiger partial charge in [-0.3, -0.25) is 0 Å². The minimum absolute atomic E-state index is 0.203. The van der Waals surface area contributed by atoms with Crippen molar-refractivity contribution >= 4 is 27.7 Å². The molecule has 6 heteroatoms. The zero-order chi connectivity index (χ0) is 16.7. The summed E-state index contributed by atoms with van der Waals surface area (Å²) in [4.78, 5) is 0. The maximum atomic E-state index is 12.0. The molecule has 0 spiro atoms. The van der Waals surface area contributed by atoms with Gasteiger partial charge in [-0.25, -0.2) is 13.1 Å². The van der Waals surface area contributed by atoms with Crippen molar-refractivity contribution in [1.29, 1.82) is 0 Å². The zero-order valence-electron chi connectivity index (χ0n) is 12.7. The highest BCUT2D eigenvalue weighted by atomic mass is 35.5. The van der Waals surface area contributed by atoms with E-state index in [-0.39, 0.29) is 6.54 Å². The normalized spacial score (nSPS) is 11.7. The molecule has 0 amide bonds. The Morgan fingerprint density at radius 1 is 1.17 bits per heavy atom. The van der Waals surface area contributed by atoms with Crippen molar-refractivity contribution < 1.29 is 13.2 Å². The number of nitrogens with one attached hydrogen (secondary N) is 1. The SMILES string of the molecule is CCOc1cccc(CNS(=O)(=O)/C=C/c2ccc(Cl)cc2)c1. The van der Waals surface area contributed by atoms with Crippen LogP contribution in [0, 0.1) is 0 Å². The maximum absolute atomic E-state index is 12.0. The van der Waals surface area contributed by atoms with Gasteiger partial charge in [0.2, 0.25) is 10.0 Å². The number of sulfonamides is 1. The summed E-state index contributed by atoms with van der Waals surface area (Å²) in [5.74, 6) is 0.723. The molecular weight excluding hydrogens is 334 g/mol. The van der Waals surface area contributed by atoms with Gasteiger partial charge in [0.05, 0.1) is 6.61 Å². The standard InChI is InChI=1S/C17H18ClNO3S/c1-2-22-17-5-3-4-15(12-17)13-19-23(20,21)11-10-14-6-8-16(18)9-7-14/h3-12,19H,2,13H2,1H3/b11-10+. The Labute approximate surface area is 141 Å². The Hall–Kier alpha value is -1.82. The third kappa shape index (κ3) is 6.06. The number of hydrogen-bond donors (Lipinski definition) is 1. The topological polar surface area (TPSA) is 55.4 Å². The quantitative estimate of drug-likeness (QED) is 0.824. The summed E-state index contributed by atoms with van der Waals surface area (Å²) >= 11 is 5.79. The molecule has 0 saturated heterocycles. The molecule has 4 nitrogen and oxygen atoms in total. The molecule has 0 fully saturated rings. The van der Waals surface area contributed by atoms with Crippen LogP contribution >= 0.6 is 11.6 Å². The molecule has 0 saturated carbocycles. The second kappa shape index (κ2) is 8.15. The number of benzene rings is 2. The molecule has 0 unspecified atom stereocenters. The first-order chi connectivity index (χ1) is 11.0. The molecule has 1 N–H and O–H groups in total. The van der Waals surface area contributed by atoms with E-state index in [1.165, 1.54) is 6.08 Å². The predicted octanol–water partition coefficient (Wildman–Crippen LogP) is 3.83. The van der Waals surface area contributed by atoms with Crippen molar-refractivity contribution in [3.05, 3.63) is 70.1 Å². The molecule has 0 aromatic heterocycles. The van der Waals surface area contributed by atoms with Gasteiger partial charge in [-0.15, -0.1) is 0 Å². The zero-order valence-corrected chi connectivity index (χ0v) is 14.3. The molecule has 2 rings (SSSR count). The van der Waals surface area contributed by atoms with Gasteiger partial charge in [0.1, 0.15) is 5.75 Å². The minimum atomic E-state index is -3.52. The molecule has 122 valence electrons. The van der Waals surface area contributed by atoms with E-state index in [9.17, 15) is 8.42 Å². The lowest BCUT2D eigenvalue weighted by atomic mass is 10.2. The lowest BCUT2D eigenvalue weighted by Gasteiger charge is -2.06. The lowest BCUT2D eigenvalue weighted by molar-refractivity contribution is 0.340. The van der Waals surface area contributed by atoms with Crippen LogP contribution in [0.15, 0.2) is 53.9 Å². The van der Waals surface area contributed by atoms with Crippen molar-refractivity contribution in [2.75, 3.05) is 6.61 Å². The largest absolute Gasteiger partial charge is 0.494 e. The van der Waals surface area contributed by atoms with Crippen LogP contribution in [0.4, 0.5) is 0 Å². The van der Waals surface area contributed by atoms with E-state index in [4.69, 9.17) is 16.3 Å². The van der Waals surface area contributed by atoms with Crippen molar-refractivity contribution in [3.63, 3.8) is 0 Å².